The average Bonchev–Trinajstić information content (AvgIpc) is 1.54. The number of anilines is 4. The molecule has 9 atom stereocenters. The quantitative estimate of drug-likeness (QED) is 0.0545. The summed E-state index contributed by atoms with van der Waals surface area (Å²) in [4.78, 5) is 155. The van der Waals surface area contributed by atoms with E-state index in [0.29, 0.717) is 115 Å². The van der Waals surface area contributed by atoms with Gasteiger partial charge in [0.1, 0.15) is 11.0 Å². The van der Waals surface area contributed by atoms with Crippen molar-refractivity contribution in [1.82, 2.24) is 49.0 Å². The Morgan fingerprint density at radius 2 is 0.908 bits per heavy atom. The minimum atomic E-state index is -0.545. The molecule has 0 aromatic heterocycles. The topological polar surface area (TPSA) is 252 Å². The van der Waals surface area contributed by atoms with Crippen molar-refractivity contribution in [2.75, 3.05) is 112 Å². The summed E-state index contributed by atoms with van der Waals surface area (Å²) in [6.45, 7) is 37.7. The fourth-order valence-electron chi connectivity index (χ4n) is 20.2. The summed E-state index contributed by atoms with van der Waals surface area (Å²) >= 11 is 4.98. The molecule has 0 saturated carbocycles. The molecule has 0 radical (unpaired) electrons. The second-order valence-corrected chi connectivity index (χ2v) is 44.4. The van der Waals surface area contributed by atoms with E-state index in [9.17, 15) is 47.9 Å². The number of thioether (sulfide) groups is 3. The third kappa shape index (κ3) is 23.8. The van der Waals surface area contributed by atoms with Crippen LogP contribution in [0.15, 0.2) is 139 Å². The van der Waals surface area contributed by atoms with Crippen molar-refractivity contribution >= 4 is 118 Å². The van der Waals surface area contributed by atoms with E-state index >= 15 is 0 Å². The van der Waals surface area contributed by atoms with Gasteiger partial charge >= 0.3 is 24.2 Å². The molecule has 10 heterocycles. The van der Waals surface area contributed by atoms with Crippen molar-refractivity contribution in [3.8, 4) is 0 Å². The van der Waals surface area contributed by atoms with Crippen molar-refractivity contribution in [2.24, 2.45) is 29.1 Å². The Balaban J connectivity index is 0.000000169. The molecule has 25 nitrogen and oxygen atoms in total. The Bertz CT molecular complexity index is 4860. The van der Waals surface area contributed by atoms with Gasteiger partial charge in [0.05, 0.1) is 26.5 Å². The lowest BCUT2D eigenvalue weighted by atomic mass is 9.79. The Morgan fingerprint density at radius 1 is 0.469 bits per heavy atom. The maximum Gasteiger partial charge on any atom is 0.410 e. The predicted molar refractivity (Wildman–Crippen MR) is 522 cm³/mol. The number of hydrogen-bond donors (Lipinski definition) is 3. The Morgan fingerprint density at radius 3 is 1.42 bits per heavy atom. The van der Waals surface area contributed by atoms with Gasteiger partial charge in [0, 0.05) is 184 Å². The molecule has 5 aromatic rings. The molecule has 7 saturated heterocycles. The van der Waals surface area contributed by atoms with Crippen LogP contribution in [0.3, 0.4) is 0 Å². The van der Waals surface area contributed by atoms with Crippen LogP contribution in [0.25, 0.3) is 0 Å². The summed E-state index contributed by atoms with van der Waals surface area (Å²) in [5.41, 5.74) is 10.3. The van der Waals surface area contributed by atoms with Crippen LogP contribution in [0, 0.1) is 29.1 Å². The Kier molecular flexibility index (Phi) is 32.0. The first-order chi connectivity index (χ1) is 62.2. The zero-order chi connectivity index (χ0) is 92.4. The number of allylic oxidation sites excluding steroid dienone is 1. The molecule has 5 aromatic carbocycles. The number of rotatable bonds is 22. The number of nitrogens with zero attached hydrogens (tertiary/aromatic N) is 11. The van der Waals surface area contributed by atoms with Crippen LogP contribution >= 0.6 is 35.3 Å². The zero-order valence-corrected chi connectivity index (χ0v) is 81.3. The van der Waals surface area contributed by atoms with E-state index in [4.69, 9.17) is 4.74 Å². The minimum absolute atomic E-state index is 0. The third-order valence-corrected chi connectivity index (χ3v) is 32.6. The van der Waals surface area contributed by atoms with Crippen molar-refractivity contribution in [1.29, 1.82) is 0 Å². The molecule has 0 bridgehead atoms. The summed E-state index contributed by atoms with van der Waals surface area (Å²) in [5.74, 6) is 2.49. The predicted octanol–water partition coefficient (Wildman–Crippen LogP) is 18.1. The fraction of sp³-hybridized carbons (Fsp3) is 0.588. The lowest BCUT2D eigenvalue weighted by Crippen LogP contribution is -2.51. The van der Waals surface area contributed by atoms with Gasteiger partial charge in [0.15, 0.2) is 0 Å². The Labute approximate surface area is 785 Å². The van der Waals surface area contributed by atoms with Gasteiger partial charge in [-0.05, 0) is 174 Å². The highest BCUT2D eigenvalue weighted by atomic mass is 32.2. The van der Waals surface area contributed by atoms with Crippen LogP contribution in [0.5, 0.6) is 0 Å². The molecule has 704 valence electrons. The van der Waals surface area contributed by atoms with Crippen molar-refractivity contribution in [3.63, 3.8) is 0 Å². The first kappa shape index (κ1) is 96.6. The van der Waals surface area contributed by atoms with Crippen molar-refractivity contribution in [3.05, 3.63) is 167 Å². The van der Waals surface area contributed by atoms with Gasteiger partial charge in [-0.15, -0.1) is 35.3 Å². The van der Waals surface area contributed by atoms with Crippen LogP contribution in [0.4, 0.5) is 41.9 Å². The van der Waals surface area contributed by atoms with Crippen LogP contribution in [-0.4, -0.2) is 250 Å². The molecule has 3 N–H and O–H groups in total. The molecule has 130 heavy (non-hydrogen) atoms. The summed E-state index contributed by atoms with van der Waals surface area (Å²) in [7, 11) is 0. The maximum atomic E-state index is 14.2. The lowest BCUT2D eigenvalue weighted by molar-refractivity contribution is -0.137. The highest BCUT2D eigenvalue weighted by molar-refractivity contribution is 8.02. The second kappa shape index (κ2) is 43.1. The smallest absolute Gasteiger partial charge is 0.410 e. The molecule has 9 unspecified atom stereocenters. The molecule has 16 rings (SSSR count). The first-order valence-electron chi connectivity index (χ1n) is 47.9. The average molecular weight is 1840 g/mol. The SMILES string of the molecule is CC(C)(C)CCN1C(=O)C(CC(=O)N2CCC(N3CCc4ccccc4NC3=O)CC2)SC1c1ccccc1N1CCN(C(=O)OC(C)(C)C)CC1.CC(C)CCN1C(=O)C(CC(=O)N2CCC(N3Cc4ccccc4NC3=O)CC2)SC1C(C)c1ccccc1.CC1=CCCC(C)C1C1SC(CC(=O)N2CCC(N3Cc4ccccc4NC3=O)CC2)C(=O)N1CCC(C)C.[HH]. The van der Waals surface area contributed by atoms with E-state index in [-0.39, 0.29) is 136 Å². The van der Waals surface area contributed by atoms with E-state index in [0.717, 1.165) is 135 Å². The van der Waals surface area contributed by atoms with Gasteiger partial charge in [0.2, 0.25) is 35.4 Å². The number of carbonyl (C=O) groups is 10. The largest absolute Gasteiger partial charge is 0.444 e. The summed E-state index contributed by atoms with van der Waals surface area (Å²) in [6.07, 6.45) is 13.0. The molecular weight excluding hydrogens is 1690 g/mol. The molecular formula is C102H142N14O11S3. The number of hydrogen-bond acceptors (Lipinski definition) is 15. The number of carbonyl (C=O) groups excluding carboxylic acids is 10. The number of fused-ring (bicyclic) bond motifs is 3. The zero-order valence-electron chi connectivity index (χ0n) is 78.8. The number of urea groups is 3. The van der Waals surface area contributed by atoms with Gasteiger partial charge in [-0.25, -0.2) is 19.2 Å². The van der Waals surface area contributed by atoms with Crippen molar-refractivity contribution < 1.29 is 54.1 Å². The monoisotopic (exact) mass is 1840 g/mol. The fourth-order valence-corrected chi connectivity index (χ4v) is 25.1. The van der Waals surface area contributed by atoms with Crippen LogP contribution < -0.4 is 20.9 Å². The molecule has 7 fully saturated rings. The van der Waals surface area contributed by atoms with Crippen LogP contribution in [0.2, 0.25) is 0 Å². The van der Waals surface area contributed by atoms with E-state index in [1.54, 1.807) is 40.2 Å². The van der Waals surface area contributed by atoms with Crippen LogP contribution in [-0.2, 0) is 53.0 Å². The maximum absolute atomic E-state index is 14.2. The van der Waals surface area contributed by atoms with E-state index in [1.807, 2.05) is 151 Å². The molecule has 10 aliphatic heterocycles. The van der Waals surface area contributed by atoms with Gasteiger partial charge in [-0.1, -0.05) is 177 Å². The number of nitrogens with one attached hydrogen (secondary N) is 3. The molecule has 0 spiro atoms. The van der Waals surface area contributed by atoms with Gasteiger partial charge < -0.3 is 74.6 Å². The molecule has 11 aliphatic rings. The highest BCUT2D eigenvalue weighted by Crippen LogP contribution is 2.50. The standard InChI is InChI=1S/C40H56N6O5S.C31H44N4O3S.C31H40N4O3S.H2/c1-39(2,3)18-22-46-35(48)33(27-34(47)43-19-16-29(17-20-43)45-21-15-28-11-7-9-13-31(28)41-37(45)49)52-36(46)30-12-8-10-14-32(30)42-23-25-44(26-24-42)38(50)51-40(4,5)6;1-20(2)12-17-34-29(37)26(39-30(34)28-21(3)8-7-9-22(28)4)18-27(36)33-15-13-24(14-16-33)35-19-23-10-5-6-11-25(23)32-31(35)38;1-21(2)13-18-34-29(37)27(39-30(34)22(3)23-9-5-4-6-10-23)19-28(36)33-16-14-25(15-17-33)35-20-24-11-7-8-12-26(24)32-31(35)38;/h7-14,29,33,36H,15-27H2,1-6H3,(H,41,49);5-6,8,10-11,20,22,24,26,28,30H,7,9,12-19H2,1-4H3,(H,32,38);4-12,21-22,25,27,30H,13-20H2,1-3H3,(H,32,38);1H. The molecule has 1 aliphatic carbocycles. The third-order valence-electron chi connectivity index (χ3n) is 28.0. The highest BCUT2D eigenvalue weighted by Gasteiger charge is 2.50. The normalized spacial score (nSPS) is 24.0. The number of benzene rings is 5. The van der Waals surface area contributed by atoms with Gasteiger partial charge in [-0.3, -0.25) is 28.8 Å². The summed E-state index contributed by atoms with van der Waals surface area (Å²) in [5, 5.41) is 7.89. The Hall–Kier alpha value is -9.41. The summed E-state index contributed by atoms with van der Waals surface area (Å²) < 4.78 is 5.62. The van der Waals surface area contributed by atoms with Crippen molar-refractivity contribution in [2.45, 2.75) is 261 Å². The summed E-state index contributed by atoms with van der Waals surface area (Å²) in [6, 6.07) is 42.5. The minimum Gasteiger partial charge on any atom is -0.444 e. The number of para-hydroxylation sites is 4. The number of piperidine rings is 3. The number of amides is 13. The molecule has 13 amide bonds. The van der Waals surface area contributed by atoms with Gasteiger partial charge in [0.25, 0.3) is 0 Å². The van der Waals surface area contributed by atoms with E-state index < -0.39 is 10.9 Å². The van der Waals surface area contributed by atoms with Gasteiger partial charge in [-0.2, -0.15) is 0 Å². The van der Waals surface area contributed by atoms with Crippen LogP contribution in [0.1, 0.15) is 220 Å². The molecule has 28 heteroatoms. The number of ether oxygens (including phenoxy) is 1. The van der Waals surface area contributed by atoms with E-state index in [1.165, 1.54) is 11.1 Å². The van der Waals surface area contributed by atoms with E-state index in [2.05, 4.69) is 137 Å². The first-order valence-corrected chi connectivity index (χ1v) is 50.7. The number of likely N-dealkylation sites (tertiary alicyclic amines) is 3. The lowest BCUT2D eigenvalue weighted by Gasteiger charge is -2.40. The number of piperazine rings is 1. The second-order valence-electron chi connectivity index (χ2n) is 40.4.